The Balaban J connectivity index is 2.13. The van der Waals surface area contributed by atoms with Gasteiger partial charge in [0, 0.05) is 35.4 Å². The van der Waals surface area contributed by atoms with Gasteiger partial charge in [0.2, 0.25) is 0 Å². The molecule has 0 radical (unpaired) electrons. The Morgan fingerprint density at radius 2 is 1.82 bits per heavy atom. The molecule has 0 fully saturated rings. The van der Waals surface area contributed by atoms with Crippen molar-refractivity contribution in [2.24, 2.45) is 0 Å². The second kappa shape index (κ2) is 5.48. The predicted octanol–water partition coefficient (Wildman–Crippen LogP) is 3.40. The Hall–Kier alpha value is -2.88. The van der Waals surface area contributed by atoms with E-state index in [1.54, 1.807) is 18.1 Å². The summed E-state index contributed by atoms with van der Waals surface area (Å²) >= 11 is 0. The molecule has 4 nitrogen and oxygen atoms in total. The minimum atomic E-state index is -0.151. The average molecular weight is 291 g/mol. The molecule has 1 aromatic heterocycles. The van der Waals surface area contributed by atoms with Crippen LogP contribution in [0.25, 0.3) is 10.8 Å². The Kier molecular flexibility index (Phi) is 3.51. The zero-order chi connectivity index (χ0) is 15.7. The fourth-order valence-electron chi connectivity index (χ4n) is 2.60. The van der Waals surface area contributed by atoms with E-state index < -0.39 is 0 Å². The maximum atomic E-state index is 12.8. The molecule has 0 aliphatic carbocycles. The number of rotatable bonds is 2. The molecule has 0 unspecified atom stereocenters. The number of anilines is 2. The minimum Gasteiger partial charge on any atom is -0.398 e. The molecule has 22 heavy (non-hydrogen) atoms. The number of amides is 1. The molecule has 1 heterocycles. The number of carbonyl (C=O) groups is 1. The van der Waals surface area contributed by atoms with Crippen molar-refractivity contribution in [1.82, 2.24) is 4.98 Å². The predicted molar refractivity (Wildman–Crippen MR) is 90.1 cm³/mol. The lowest BCUT2D eigenvalue weighted by atomic mass is 10.0. The van der Waals surface area contributed by atoms with Gasteiger partial charge in [-0.05, 0) is 30.7 Å². The van der Waals surface area contributed by atoms with Crippen LogP contribution in [-0.2, 0) is 0 Å². The Labute approximate surface area is 129 Å². The standard InChI is InChI=1S/C18H17N3O/c1-12-11-20-17(14-9-6-10-15(19)16(12)14)18(22)21(2)13-7-4-3-5-8-13/h3-11H,19H2,1-2H3. The van der Waals surface area contributed by atoms with Crippen LogP contribution in [0.4, 0.5) is 11.4 Å². The number of nitrogens with zero attached hydrogens (tertiary/aromatic N) is 2. The summed E-state index contributed by atoms with van der Waals surface area (Å²) in [5, 5.41) is 1.68. The lowest BCUT2D eigenvalue weighted by molar-refractivity contribution is 0.0990. The summed E-state index contributed by atoms with van der Waals surface area (Å²) in [7, 11) is 1.75. The van der Waals surface area contributed by atoms with Crippen LogP contribution in [-0.4, -0.2) is 17.9 Å². The van der Waals surface area contributed by atoms with Crippen molar-refractivity contribution in [2.75, 3.05) is 17.7 Å². The van der Waals surface area contributed by atoms with Gasteiger partial charge < -0.3 is 10.6 Å². The zero-order valence-corrected chi connectivity index (χ0v) is 12.6. The van der Waals surface area contributed by atoms with Crippen molar-refractivity contribution >= 4 is 28.1 Å². The van der Waals surface area contributed by atoms with Crippen LogP contribution in [0.1, 0.15) is 16.1 Å². The third-order valence-corrected chi connectivity index (χ3v) is 3.78. The topological polar surface area (TPSA) is 59.2 Å². The fourth-order valence-corrected chi connectivity index (χ4v) is 2.60. The highest BCUT2D eigenvalue weighted by Crippen LogP contribution is 2.27. The van der Waals surface area contributed by atoms with Gasteiger partial charge in [-0.15, -0.1) is 0 Å². The molecular weight excluding hydrogens is 274 g/mol. The SMILES string of the molecule is Cc1cnc(C(=O)N(C)c2ccccc2)c2cccc(N)c12. The number of nitrogen functional groups attached to an aromatic ring is 1. The molecule has 4 heteroatoms. The summed E-state index contributed by atoms with van der Waals surface area (Å²) in [5.74, 6) is -0.151. The van der Waals surface area contributed by atoms with Crippen molar-refractivity contribution < 1.29 is 4.79 Å². The number of benzene rings is 2. The molecule has 0 aliphatic rings. The molecule has 2 aromatic carbocycles. The average Bonchev–Trinajstić information content (AvgIpc) is 2.55. The molecule has 0 saturated carbocycles. The van der Waals surface area contributed by atoms with Crippen molar-refractivity contribution in [3.8, 4) is 0 Å². The molecule has 3 aromatic rings. The first-order chi connectivity index (χ1) is 10.6. The maximum absolute atomic E-state index is 12.8. The van der Waals surface area contributed by atoms with Gasteiger partial charge >= 0.3 is 0 Å². The number of hydrogen-bond acceptors (Lipinski definition) is 3. The third-order valence-electron chi connectivity index (χ3n) is 3.78. The number of para-hydroxylation sites is 1. The van der Waals surface area contributed by atoms with Crippen molar-refractivity contribution in [3.63, 3.8) is 0 Å². The van der Waals surface area contributed by atoms with E-state index in [9.17, 15) is 4.79 Å². The van der Waals surface area contributed by atoms with Gasteiger partial charge in [0.25, 0.3) is 5.91 Å². The van der Waals surface area contributed by atoms with E-state index in [0.29, 0.717) is 11.4 Å². The second-order valence-corrected chi connectivity index (χ2v) is 5.26. The van der Waals surface area contributed by atoms with Crippen LogP contribution >= 0.6 is 0 Å². The molecule has 1 amide bonds. The number of hydrogen-bond donors (Lipinski definition) is 1. The van der Waals surface area contributed by atoms with Crippen LogP contribution in [0, 0.1) is 6.92 Å². The van der Waals surface area contributed by atoms with Crippen LogP contribution in [0.2, 0.25) is 0 Å². The summed E-state index contributed by atoms with van der Waals surface area (Å²) in [5.41, 5.74) is 8.93. The van der Waals surface area contributed by atoms with Gasteiger partial charge in [0.1, 0.15) is 5.69 Å². The quantitative estimate of drug-likeness (QED) is 0.736. The maximum Gasteiger partial charge on any atom is 0.277 e. The molecule has 110 valence electrons. The smallest absolute Gasteiger partial charge is 0.277 e. The van der Waals surface area contributed by atoms with Crippen LogP contribution in [0.5, 0.6) is 0 Å². The van der Waals surface area contributed by atoms with Crippen LogP contribution in [0.3, 0.4) is 0 Å². The Morgan fingerprint density at radius 3 is 2.55 bits per heavy atom. The van der Waals surface area contributed by atoms with Crippen molar-refractivity contribution in [2.45, 2.75) is 6.92 Å². The van der Waals surface area contributed by atoms with Gasteiger partial charge in [-0.25, -0.2) is 0 Å². The van der Waals surface area contributed by atoms with Gasteiger partial charge in [-0.3, -0.25) is 9.78 Å². The van der Waals surface area contributed by atoms with E-state index in [1.165, 1.54) is 0 Å². The van der Waals surface area contributed by atoms with E-state index >= 15 is 0 Å². The van der Waals surface area contributed by atoms with Crippen LogP contribution < -0.4 is 10.6 Å². The summed E-state index contributed by atoms with van der Waals surface area (Å²) in [6.07, 6.45) is 1.70. The summed E-state index contributed by atoms with van der Waals surface area (Å²) in [6.45, 7) is 1.95. The van der Waals surface area contributed by atoms with Gasteiger partial charge in [0.05, 0.1) is 0 Å². The number of aromatic nitrogens is 1. The van der Waals surface area contributed by atoms with E-state index in [0.717, 1.165) is 22.0 Å². The number of aryl methyl sites for hydroxylation is 1. The van der Waals surface area contributed by atoms with Crippen molar-refractivity contribution in [3.05, 3.63) is 66.0 Å². The van der Waals surface area contributed by atoms with E-state index in [4.69, 9.17) is 5.73 Å². The molecular formula is C18H17N3O. The van der Waals surface area contributed by atoms with Gasteiger partial charge in [0.15, 0.2) is 0 Å². The summed E-state index contributed by atoms with van der Waals surface area (Å²) < 4.78 is 0. The molecule has 0 aliphatic heterocycles. The molecule has 3 rings (SSSR count). The first-order valence-corrected chi connectivity index (χ1v) is 7.06. The first kappa shape index (κ1) is 14.1. The number of carbonyl (C=O) groups excluding carboxylic acids is 1. The largest absolute Gasteiger partial charge is 0.398 e. The Morgan fingerprint density at radius 1 is 1.09 bits per heavy atom. The second-order valence-electron chi connectivity index (χ2n) is 5.26. The normalized spacial score (nSPS) is 10.6. The van der Waals surface area contributed by atoms with Crippen LogP contribution in [0.15, 0.2) is 54.7 Å². The lowest BCUT2D eigenvalue weighted by Gasteiger charge is -2.18. The zero-order valence-electron chi connectivity index (χ0n) is 12.6. The third kappa shape index (κ3) is 2.29. The van der Waals surface area contributed by atoms with Crippen molar-refractivity contribution in [1.29, 1.82) is 0 Å². The number of fused-ring (bicyclic) bond motifs is 1. The fraction of sp³-hybridized carbons (Fsp3) is 0.111. The summed E-state index contributed by atoms with van der Waals surface area (Å²) in [4.78, 5) is 18.7. The van der Waals surface area contributed by atoms with Gasteiger partial charge in [-0.1, -0.05) is 30.3 Å². The molecule has 0 spiro atoms. The molecule has 0 saturated heterocycles. The van der Waals surface area contributed by atoms with E-state index in [2.05, 4.69) is 4.98 Å². The van der Waals surface area contributed by atoms with Gasteiger partial charge in [-0.2, -0.15) is 0 Å². The highest BCUT2D eigenvalue weighted by atomic mass is 16.2. The minimum absolute atomic E-state index is 0.151. The lowest BCUT2D eigenvalue weighted by Crippen LogP contribution is -2.27. The van der Waals surface area contributed by atoms with E-state index in [-0.39, 0.29) is 5.91 Å². The number of pyridine rings is 1. The summed E-state index contributed by atoms with van der Waals surface area (Å²) in [6, 6.07) is 15.1. The molecule has 0 bridgehead atoms. The molecule has 0 atom stereocenters. The number of nitrogens with two attached hydrogens (primary N) is 1. The monoisotopic (exact) mass is 291 g/mol. The van der Waals surface area contributed by atoms with E-state index in [1.807, 2.05) is 55.5 Å². The molecule has 2 N–H and O–H groups in total. The highest BCUT2D eigenvalue weighted by molar-refractivity contribution is 6.14. The first-order valence-electron chi connectivity index (χ1n) is 7.06. The Bertz CT molecular complexity index is 835. The highest BCUT2D eigenvalue weighted by Gasteiger charge is 2.19.